The first-order chi connectivity index (χ1) is 12.9. The van der Waals surface area contributed by atoms with Crippen LogP contribution in [0.2, 0.25) is 5.15 Å². The number of carbonyl (C=O) groups is 1. The molecule has 0 aliphatic carbocycles. The van der Waals surface area contributed by atoms with Crippen LogP contribution in [0, 0.1) is 20.8 Å². The standard InChI is InChI=1S/C19H20ClN5OS/c1-12-4-6-15(7-5-12)10-25-19(20)16(14(3)24-25)9-21-23-17(26)8-18-22-13(2)11-27-18/h4-7,9,11H,8,10H2,1-3H3,(H,23,26)/b21-9-. The summed E-state index contributed by atoms with van der Waals surface area (Å²) in [5.41, 5.74) is 7.18. The van der Waals surface area contributed by atoms with Gasteiger partial charge in [0.25, 0.3) is 0 Å². The van der Waals surface area contributed by atoms with Gasteiger partial charge in [0.1, 0.15) is 10.2 Å². The van der Waals surface area contributed by atoms with Crippen molar-refractivity contribution in [2.45, 2.75) is 33.7 Å². The molecule has 0 aliphatic rings. The van der Waals surface area contributed by atoms with Crippen LogP contribution in [0.4, 0.5) is 0 Å². The third-order valence-corrected chi connectivity index (χ3v) is 5.29. The van der Waals surface area contributed by atoms with Gasteiger partial charge in [0.15, 0.2) is 0 Å². The van der Waals surface area contributed by atoms with Crippen molar-refractivity contribution >= 4 is 35.1 Å². The molecule has 2 aromatic heterocycles. The van der Waals surface area contributed by atoms with Gasteiger partial charge in [-0.3, -0.25) is 4.79 Å². The first kappa shape index (κ1) is 19.3. The Balaban J connectivity index is 1.64. The van der Waals surface area contributed by atoms with E-state index in [0.29, 0.717) is 17.3 Å². The van der Waals surface area contributed by atoms with E-state index in [1.165, 1.54) is 23.1 Å². The van der Waals surface area contributed by atoms with E-state index in [1.807, 2.05) is 26.2 Å². The van der Waals surface area contributed by atoms with Crippen LogP contribution in [0.15, 0.2) is 34.7 Å². The number of carbonyl (C=O) groups excluding carboxylic acids is 1. The molecule has 0 atom stereocenters. The molecule has 2 heterocycles. The second-order valence-electron chi connectivity index (χ2n) is 6.29. The molecule has 6 nitrogen and oxygen atoms in total. The number of benzene rings is 1. The molecular weight excluding hydrogens is 382 g/mol. The number of amides is 1. The molecule has 1 N–H and O–H groups in total. The highest BCUT2D eigenvalue weighted by Gasteiger charge is 2.12. The monoisotopic (exact) mass is 401 g/mol. The lowest BCUT2D eigenvalue weighted by atomic mass is 10.1. The van der Waals surface area contributed by atoms with Crippen molar-refractivity contribution in [2.24, 2.45) is 5.10 Å². The van der Waals surface area contributed by atoms with Crippen LogP contribution >= 0.6 is 22.9 Å². The van der Waals surface area contributed by atoms with Gasteiger partial charge < -0.3 is 0 Å². The van der Waals surface area contributed by atoms with Gasteiger partial charge in [-0.2, -0.15) is 10.2 Å². The van der Waals surface area contributed by atoms with Crippen molar-refractivity contribution in [2.75, 3.05) is 0 Å². The highest BCUT2D eigenvalue weighted by molar-refractivity contribution is 7.09. The quantitative estimate of drug-likeness (QED) is 0.506. The molecule has 0 saturated carbocycles. The van der Waals surface area contributed by atoms with Crippen molar-refractivity contribution in [1.82, 2.24) is 20.2 Å². The van der Waals surface area contributed by atoms with Crippen LogP contribution < -0.4 is 5.43 Å². The van der Waals surface area contributed by atoms with Crippen LogP contribution in [0.25, 0.3) is 0 Å². The molecule has 8 heteroatoms. The predicted molar refractivity (Wildman–Crippen MR) is 109 cm³/mol. The van der Waals surface area contributed by atoms with Gasteiger partial charge in [0, 0.05) is 11.1 Å². The number of halogens is 1. The Morgan fingerprint density at radius 3 is 2.70 bits per heavy atom. The zero-order valence-electron chi connectivity index (χ0n) is 15.4. The fourth-order valence-corrected chi connectivity index (χ4v) is 3.57. The summed E-state index contributed by atoms with van der Waals surface area (Å²) in [6.45, 7) is 6.38. The molecule has 1 aromatic carbocycles. The Labute approximate surface area is 166 Å². The molecule has 0 radical (unpaired) electrons. The van der Waals surface area contributed by atoms with Gasteiger partial charge in [-0.1, -0.05) is 41.4 Å². The Hall–Kier alpha value is -2.51. The molecule has 0 spiro atoms. The normalized spacial score (nSPS) is 11.3. The molecule has 0 fully saturated rings. The number of aromatic nitrogens is 3. The molecule has 0 unspecified atom stereocenters. The fourth-order valence-electron chi connectivity index (χ4n) is 2.51. The average molecular weight is 402 g/mol. The smallest absolute Gasteiger partial charge is 0.246 e. The third kappa shape index (κ3) is 5.02. The van der Waals surface area contributed by atoms with E-state index in [0.717, 1.165) is 22.0 Å². The Kier molecular flexibility index (Phi) is 6.03. The van der Waals surface area contributed by atoms with Crippen molar-refractivity contribution in [3.05, 3.63) is 67.9 Å². The third-order valence-electron chi connectivity index (χ3n) is 3.92. The number of thiazole rings is 1. The number of rotatable bonds is 6. The van der Waals surface area contributed by atoms with Crippen LogP contribution in [0.5, 0.6) is 0 Å². The van der Waals surface area contributed by atoms with E-state index >= 15 is 0 Å². The molecular formula is C19H20ClN5OS. The van der Waals surface area contributed by atoms with Crippen molar-refractivity contribution in [3.8, 4) is 0 Å². The minimum atomic E-state index is -0.221. The largest absolute Gasteiger partial charge is 0.273 e. The van der Waals surface area contributed by atoms with Crippen molar-refractivity contribution in [3.63, 3.8) is 0 Å². The Morgan fingerprint density at radius 2 is 2.04 bits per heavy atom. The second-order valence-corrected chi connectivity index (χ2v) is 7.59. The first-order valence-corrected chi connectivity index (χ1v) is 9.69. The minimum Gasteiger partial charge on any atom is -0.273 e. The zero-order valence-corrected chi connectivity index (χ0v) is 16.9. The predicted octanol–water partition coefficient (Wildman–Crippen LogP) is 3.66. The number of hydrogen-bond donors (Lipinski definition) is 1. The number of nitrogens with zero attached hydrogens (tertiary/aromatic N) is 4. The zero-order chi connectivity index (χ0) is 19.4. The maximum absolute atomic E-state index is 11.9. The summed E-state index contributed by atoms with van der Waals surface area (Å²) < 4.78 is 1.73. The van der Waals surface area contributed by atoms with Crippen LogP contribution in [0.1, 0.15) is 33.1 Å². The van der Waals surface area contributed by atoms with Gasteiger partial charge in [0.2, 0.25) is 5.91 Å². The average Bonchev–Trinajstić information content (AvgIpc) is 3.14. The number of hydrazone groups is 1. The van der Waals surface area contributed by atoms with Crippen LogP contribution in [-0.2, 0) is 17.8 Å². The van der Waals surface area contributed by atoms with Gasteiger partial charge in [0.05, 0.1) is 30.4 Å². The van der Waals surface area contributed by atoms with Crippen molar-refractivity contribution < 1.29 is 4.79 Å². The topological polar surface area (TPSA) is 72.2 Å². The number of nitrogens with one attached hydrogen (secondary N) is 1. The van der Waals surface area contributed by atoms with Gasteiger partial charge in [-0.05, 0) is 26.3 Å². The summed E-state index contributed by atoms with van der Waals surface area (Å²) in [6.07, 6.45) is 1.73. The molecule has 0 bridgehead atoms. The van der Waals surface area contributed by atoms with E-state index in [9.17, 15) is 4.79 Å². The highest BCUT2D eigenvalue weighted by Crippen LogP contribution is 2.19. The second kappa shape index (κ2) is 8.45. The lowest BCUT2D eigenvalue weighted by Crippen LogP contribution is -2.19. The molecule has 3 aromatic rings. The fraction of sp³-hybridized carbons (Fsp3) is 0.263. The summed E-state index contributed by atoms with van der Waals surface area (Å²) in [6, 6.07) is 8.22. The summed E-state index contributed by atoms with van der Waals surface area (Å²) in [5.74, 6) is -0.221. The summed E-state index contributed by atoms with van der Waals surface area (Å²) in [7, 11) is 0. The van der Waals surface area contributed by atoms with E-state index in [1.54, 1.807) is 4.68 Å². The minimum absolute atomic E-state index is 0.204. The summed E-state index contributed by atoms with van der Waals surface area (Å²) in [5, 5.41) is 11.6. The molecule has 0 saturated heterocycles. The number of hydrogen-bond acceptors (Lipinski definition) is 5. The maximum atomic E-state index is 11.9. The van der Waals surface area contributed by atoms with E-state index in [-0.39, 0.29) is 12.3 Å². The van der Waals surface area contributed by atoms with Crippen LogP contribution in [-0.4, -0.2) is 26.9 Å². The van der Waals surface area contributed by atoms with E-state index < -0.39 is 0 Å². The SMILES string of the molecule is Cc1ccc(Cn2nc(C)c(/C=N\NC(=O)Cc3nc(C)cs3)c2Cl)cc1. The Bertz CT molecular complexity index is 975. The summed E-state index contributed by atoms with van der Waals surface area (Å²) >= 11 is 7.91. The lowest BCUT2D eigenvalue weighted by Gasteiger charge is -2.04. The maximum Gasteiger partial charge on any atom is 0.246 e. The van der Waals surface area contributed by atoms with Crippen LogP contribution in [0.3, 0.4) is 0 Å². The first-order valence-electron chi connectivity index (χ1n) is 8.43. The Morgan fingerprint density at radius 1 is 1.30 bits per heavy atom. The van der Waals surface area contributed by atoms with Gasteiger partial charge in [-0.15, -0.1) is 11.3 Å². The molecule has 0 aliphatic heterocycles. The summed E-state index contributed by atoms with van der Waals surface area (Å²) in [4.78, 5) is 16.2. The molecule has 1 amide bonds. The van der Waals surface area contributed by atoms with E-state index in [4.69, 9.17) is 11.6 Å². The molecule has 3 rings (SSSR count). The van der Waals surface area contributed by atoms with Gasteiger partial charge in [-0.25, -0.2) is 15.1 Å². The van der Waals surface area contributed by atoms with E-state index in [2.05, 4.69) is 44.9 Å². The lowest BCUT2D eigenvalue weighted by molar-refractivity contribution is -0.120. The molecule has 140 valence electrons. The highest BCUT2D eigenvalue weighted by atomic mass is 35.5. The number of aryl methyl sites for hydroxylation is 3. The van der Waals surface area contributed by atoms with Crippen molar-refractivity contribution in [1.29, 1.82) is 0 Å². The van der Waals surface area contributed by atoms with Gasteiger partial charge >= 0.3 is 0 Å². The molecule has 27 heavy (non-hydrogen) atoms.